The van der Waals surface area contributed by atoms with Crippen molar-refractivity contribution in [1.29, 1.82) is 0 Å². The van der Waals surface area contributed by atoms with E-state index in [-0.39, 0.29) is 11.8 Å². The summed E-state index contributed by atoms with van der Waals surface area (Å²) in [5.41, 5.74) is 2.85. The topological polar surface area (TPSA) is 101 Å². The Morgan fingerprint density at radius 3 is 2.68 bits per heavy atom. The van der Waals surface area contributed by atoms with Gasteiger partial charge in [-0.25, -0.2) is 0 Å². The molecule has 4 aromatic rings. The average Bonchev–Trinajstić information content (AvgIpc) is 3.38. The molecule has 3 aromatic heterocycles. The number of carbonyl (C=O) groups is 1. The lowest BCUT2D eigenvalue weighted by Crippen LogP contribution is -2.48. The normalized spacial score (nSPS) is 14.1. The molecule has 0 bridgehead atoms. The lowest BCUT2D eigenvalue weighted by molar-refractivity contribution is 0.0563. The molecule has 1 aliphatic heterocycles. The van der Waals surface area contributed by atoms with Crippen molar-refractivity contribution in [3.8, 4) is 22.8 Å². The maximum absolute atomic E-state index is 12.7. The Bertz CT molecular complexity index is 1100. The highest BCUT2D eigenvalue weighted by Crippen LogP contribution is 2.28. The van der Waals surface area contributed by atoms with Gasteiger partial charge in [0.1, 0.15) is 11.4 Å². The summed E-state index contributed by atoms with van der Waals surface area (Å²) < 4.78 is 5.36. The molecule has 8 heteroatoms. The van der Waals surface area contributed by atoms with Crippen molar-refractivity contribution < 1.29 is 9.32 Å². The van der Waals surface area contributed by atoms with Gasteiger partial charge in [-0.05, 0) is 18.2 Å². The smallest absolute Gasteiger partial charge is 0.271 e. The van der Waals surface area contributed by atoms with Gasteiger partial charge in [-0.15, -0.1) is 0 Å². The van der Waals surface area contributed by atoms with Gasteiger partial charge in [-0.1, -0.05) is 41.6 Å². The Balaban J connectivity index is 1.24. The van der Waals surface area contributed by atoms with Gasteiger partial charge in [-0.3, -0.25) is 14.9 Å². The molecular formula is C20H16N6O2. The Kier molecular flexibility index (Phi) is 3.93. The molecule has 28 heavy (non-hydrogen) atoms. The molecule has 4 heterocycles. The monoisotopic (exact) mass is 372 g/mol. The maximum atomic E-state index is 12.7. The molecule has 1 aromatic carbocycles. The minimum Gasteiger partial charge on any atom is -0.338 e. The second-order valence-corrected chi connectivity index (χ2v) is 6.61. The van der Waals surface area contributed by atoms with Crippen molar-refractivity contribution in [2.75, 3.05) is 13.1 Å². The minimum absolute atomic E-state index is 0.0328. The molecule has 1 aliphatic rings. The number of aromatic nitrogens is 5. The standard InChI is InChI=1S/C20H16N6O2/c27-20(17-10-16(23-24-17)13-6-2-1-3-7-13)26-11-14(12-26)19-22-18(25-28-19)15-8-4-5-9-21-15/h1-10,14H,11-12H2,(H,23,24). The second kappa shape index (κ2) is 6.73. The summed E-state index contributed by atoms with van der Waals surface area (Å²) in [6.45, 7) is 1.06. The van der Waals surface area contributed by atoms with Crippen LogP contribution in [0.15, 0.2) is 65.3 Å². The number of rotatable bonds is 4. The van der Waals surface area contributed by atoms with Crippen LogP contribution in [0.2, 0.25) is 0 Å². The van der Waals surface area contributed by atoms with Crippen LogP contribution in [0.4, 0.5) is 0 Å². The van der Waals surface area contributed by atoms with E-state index in [9.17, 15) is 4.79 Å². The molecule has 0 atom stereocenters. The Hall–Kier alpha value is -3.81. The highest BCUT2D eigenvalue weighted by Gasteiger charge is 2.36. The van der Waals surface area contributed by atoms with Crippen LogP contribution in [0, 0.1) is 0 Å². The number of aromatic amines is 1. The zero-order valence-electron chi connectivity index (χ0n) is 14.8. The van der Waals surface area contributed by atoms with Gasteiger partial charge in [0.15, 0.2) is 0 Å². The van der Waals surface area contributed by atoms with Gasteiger partial charge in [0.2, 0.25) is 11.7 Å². The predicted octanol–water partition coefficient (Wildman–Crippen LogP) is 2.76. The summed E-state index contributed by atoms with van der Waals surface area (Å²) in [4.78, 5) is 23.0. The summed E-state index contributed by atoms with van der Waals surface area (Å²) in [5, 5.41) is 11.1. The molecule has 1 amide bonds. The van der Waals surface area contributed by atoms with Crippen LogP contribution in [0.5, 0.6) is 0 Å². The first-order chi connectivity index (χ1) is 13.8. The van der Waals surface area contributed by atoms with E-state index in [1.165, 1.54) is 0 Å². The van der Waals surface area contributed by atoms with Crippen molar-refractivity contribution in [3.63, 3.8) is 0 Å². The average molecular weight is 372 g/mol. The van der Waals surface area contributed by atoms with Gasteiger partial charge in [0.25, 0.3) is 5.91 Å². The van der Waals surface area contributed by atoms with Crippen molar-refractivity contribution in [2.45, 2.75) is 5.92 Å². The quantitative estimate of drug-likeness (QED) is 0.591. The molecule has 1 saturated heterocycles. The van der Waals surface area contributed by atoms with E-state index in [1.54, 1.807) is 17.2 Å². The van der Waals surface area contributed by atoms with E-state index < -0.39 is 0 Å². The van der Waals surface area contributed by atoms with Gasteiger partial charge >= 0.3 is 0 Å². The molecule has 0 radical (unpaired) electrons. The number of nitrogens with one attached hydrogen (secondary N) is 1. The third-order valence-corrected chi connectivity index (χ3v) is 4.73. The molecule has 0 spiro atoms. The molecule has 0 saturated carbocycles. The number of benzene rings is 1. The summed E-state index contributed by atoms with van der Waals surface area (Å²) >= 11 is 0. The fourth-order valence-electron chi connectivity index (χ4n) is 3.16. The van der Waals surface area contributed by atoms with E-state index in [4.69, 9.17) is 4.52 Å². The Labute approximate surface area is 160 Å². The molecule has 5 rings (SSSR count). The Morgan fingerprint density at radius 1 is 1.07 bits per heavy atom. The highest BCUT2D eigenvalue weighted by molar-refractivity contribution is 5.94. The summed E-state index contributed by atoms with van der Waals surface area (Å²) in [6, 6.07) is 17.0. The fraction of sp³-hybridized carbons (Fsp3) is 0.150. The number of carbonyl (C=O) groups excluding carboxylic acids is 1. The van der Waals surface area contributed by atoms with Crippen molar-refractivity contribution in [3.05, 3.63) is 72.4 Å². The summed E-state index contributed by atoms with van der Waals surface area (Å²) in [6.07, 6.45) is 1.68. The molecule has 1 N–H and O–H groups in total. The maximum Gasteiger partial charge on any atom is 0.271 e. The van der Waals surface area contributed by atoms with Crippen molar-refractivity contribution >= 4 is 5.91 Å². The number of amides is 1. The predicted molar refractivity (Wildman–Crippen MR) is 100 cm³/mol. The highest BCUT2D eigenvalue weighted by atomic mass is 16.5. The summed E-state index contributed by atoms with van der Waals surface area (Å²) in [7, 11) is 0. The zero-order valence-corrected chi connectivity index (χ0v) is 14.8. The molecule has 0 aliphatic carbocycles. The van der Waals surface area contributed by atoms with Crippen LogP contribution in [-0.2, 0) is 0 Å². The fourth-order valence-corrected chi connectivity index (χ4v) is 3.16. The first-order valence-electron chi connectivity index (χ1n) is 8.93. The van der Waals surface area contributed by atoms with Crippen LogP contribution in [-0.4, -0.2) is 49.2 Å². The molecule has 8 nitrogen and oxygen atoms in total. The van der Waals surface area contributed by atoms with Crippen LogP contribution in [0.1, 0.15) is 22.3 Å². The first-order valence-corrected chi connectivity index (χ1v) is 8.93. The third-order valence-electron chi connectivity index (χ3n) is 4.73. The van der Waals surface area contributed by atoms with Crippen LogP contribution in [0.3, 0.4) is 0 Å². The van der Waals surface area contributed by atoms with Crippen molar-refractivity contribution in [1.82, 2.24) is 30.2 Å². The van der Waals surface area contributed by atoms with E-state index in [0.717, 1.165) is 11.3 Å². The van der Waals surface area contributed by atoms with Crippen LogP contribution < -0.4 is 0 Å². The second-order valence-electron chi connectivity index (χ2n) is 6.61. The van der Waals surface area contributed by atoms with E-state index >= 15 is 0 Å². The van der Waals surface area contributed by atoms with E-state index in [0.29, 0.717) is 36.2 Å². The van der Waals surface area contributed by atoms with Gasteiger partial charge in [0, 0.05) is 24.8 Å². The van der Waals surface area contributed by atoms with Gasteiger partial charge in [0.05, 0.1) is 11.6 Å². The third kappa shape index (κ3) is 2.94. The molecule has 0 unspecified atom stereocenters. The van der Waals surface area contributed by atoms with Crippen molar-refractivity contribution in [2.24, 2.45) is 0 Å². The number of likely N-dealkylation sites (tertiary alicyclic amines) is 1. The largest absolute Gasteiger partial charge is 0.338 e. The van der Waals surface area contributed by atoms with Crippen LogP contribution >= 0.6 is 0 Å². The van der Waals surface area contributed by atoms with Crippen LogP contribution in [0.25, 0.3) is 22.8 Å². The number of H-pyrrole nitrogens is 1. The zero-order chi connectivity index (χ0) is 18.9. The van der Waals surface area contributed by atoms with Gasteiger partial charge in [-0.2, -0.15) is 10.1 Å². The Morgan fingerprint density at radius 2 is 1.89 bits per heavy atom. The van der Waals surface area contributed by atoms with Gasteiger partial charge < -0.3 is 9.42 Å². The first kappa shape index (κ1) is 16.4. The number of nitrogens with zero attached hydrogens (tertiary/aromatic N) is 5. The number of hydrogen-bond donors (Lipinski definition) is 1. The van der Waals surface area contributed by atoms with E-state index in [1.807, 2.05) is 48.5 Å². The lowest BCUT2D eigenvalue weighted by atomic mass is 9.99. The minimum atomic E-state index is -0.0876. The number of hydrogen-bond acceptors (Lipinski definition) is 6. The molecular weight excluding hydrogens is 356 g/mol. The molecule has 138 valence electrons. The SMILES string of the molecule is O=C(c1cc(-c2ccccc2)n[nH]1)N1CC(c2nc(-c3ccccn3)no2)C1. The number of pyridine rings is 1. The van der Waals surface area contributed by atoms with E-state index in [2.05, 4.69) is 25.3 Å². The molecule has 1 fully saturated rings. The summed E-state index contributed by atoms with van der Waals surface area (Å²) in [5.74, 6) is 0.932. The lowest BCUT2D eigenvalue weighted by Gasteiger charge is -2.36.